The van der Waals surface area contributed by atoms with Crippen molar-refractivity contribution >= 4 is 5.78 Å². The molecule has 2 unspecified atom stereocenters. The molecular weight excluding hydrogens is 243 g/mol. The van der Waals surface area contributed by atoms with E-state index in [1.807, 2.05) is 0 Å². The van der Waals surface area contributed by atoms with E-state index in [4.69, 9.17) is 4.74 Å². The molecule has 1 aromatic rings. The van der Waals surface area contributed by atoms with Crippen LogP contribution in [0.25, 0.3) is 0 Å². The standard InChI is InChI=1S/C16H21FO2/c1-11-4-3-5-13(8-11)15(18)10-12-6-7-16(19-2)14(17)9-12/h6-7,9,11,13H,3-5,8,10H2,1-2H3. The summed E-state index contributed by atoms with van der Waals surface area (Å²) in [5.74, 6) is 0.868. The number of carbonyl (C=O) groups is 1. The Morgan fingerprint density at radius 2 is 2.21 bits per heavy atom. The fourth-order valence-corrected chi connectivity index (χ4v) is 2.89. The number of Topliss-reactive ketones (excluding diaryl/α,β-unsaturated/α-hetero) is 1. The van der Waals surface area contributed by atoms with E-state index < -0.39 is 5.82 Å². The van der Waals surface area contributed by atoms with Crippen LogP contribution >= 0.6 is 0 Å². The first-order valence-corrected chi connectivity index (χ1v) is 6.95. The average Bonchev–Trinajstić information content (AvgIpc) is 2.39. The van der Waals surface area contributed by atoms with Gasteiger partial charge < -0.3 is 4.74 Å². The van der Waals surface area contributed by atoms with Crippen LogP contribution in [-0.4, -0.2) is 12.9 Å². The second kappa shape index (κ2) is 6.18. The number of methoxy groups -OCH3 is 1. The van der Waals surface area contributed by atoms with E-state index in [9.17, 15) is 9.18 Å². The van der Waals surface area contributed by atoms with Crippen molar-refractivity contribution in [3.8, 4) is 5.75 Å². The first-order valence-electron chi connectivity index (χ1n) is 6.95. The molecule has 0 aliphatic heterocycles. The summed E-state index contributed by atoms with van der Waals surface area (Å²) >= 11 is 0. The molecule has 1 aliphatic rings. The van der Waals surface area contributed by atoms with Gasteiger partial charge in [0.15, 0.2) is 11.6 Å². The lowest BCUT2D eigenvalue weighted by Crippen LogP contribution is -2.23. The zero-order chi connectivity index (χ0) is 13.8. The highest BCUT2D eigenvalue weighted by atomic mass is 19.1. The number of hydrogen-bond acceptors (Lipinski definition) is 2. The molecule has 2 nitrogen and oxygen atoms in total. The third-order valence-corrected chi connectivity index (χ3v) is 3.99. The van der Waals surface area contributed by atoms with Crippen LogP contribution in [0.15, 0.2) is 18.2 Å². The molecule has 1 saturated carbocycles. The Morgan fingerprint density at radius 1 is 1.42 bits per heavy atom. The average molecular weight is 264 g/mol. The minimum Gasteiger partial charge on any atom is -0.494 e. The Balaban J connectivity index is 2.00. The lowest BCUT2D eigenvalue weighted by atomic mass is 9.79. The summed E-state index contributed by atoms with van der Waals surface area (Å²) in [6.07, 6.45) is 4.66. The van der Waals surface area contributed by atoms with Crippen LogP contribution in [-0.2, 0) is 11.2 Å². The molecule has 2 rings (SSSR count). The Kier molecular flexibility index (Phi) is 4.56. The van der Waals surface area contributed by atoms with E-state index in [-0.39, 0.29) is 17.5 Å². The molecule has 1 fully saturated rings. The van der Waals surface area contributed by atoms with Crippen LogP contribution in [0.2, 0.25) is 0 Å². The van der Waals surface area contributed by atoms with Crippen molar-refractivity contribution in [2.24, 2.45) is 11.8 Å². The van der Waals surface area contributed by atoms with Gasteiger partial charge in [-0.05, 0) is 36.5 Å². The Labute approximate surface area is 114 Å². The number of carbonyl (C=O) groups excluding carboxylic acids is 1. The predicted molar refractivity (Wildman–Crippen MR) is 72.8 cm³/mol. The van der Waals surface area contributed by atoms with Gasteiger partial charge in [-0.25, -0.2) is 4.39 Å². The molecule has 0 N–H and O–H groups in total. The Morgan fingerprint density at radius 3 is 2.84 bits per heavy atom. The summed E-state index contributed by atoms with van der Waals surface area (Å²) in [4.78, 5) is 12.2. The second-order valence-corrected chi connectivity index (χ2v) is 5.58. The quantitative estimate of drug-likeness (QED) is 0.827. The van der Waals surface area contributed by atoms with Gasteiger partial charge in [0.05, 0.1) is 7.11 Å². The van der Waals surface area contributed by atoms with Crippen molar-refractivity contribution in [2.75, 3.05) is 7.11 Å². The van der Waals surface area contributed by atoms with Crippen LogP contribution in [0, 0.1) is 17.7 Å². The van der Waals surface area contributed by atoms with Crippen LogP contribution in [0.3, 0.4) is 0 Å². The molecule has 19 heavy (non-hydrogen) atoms. The third-order valence-electron chi connectivity index (χ3n) is 3.99. The Bertz CT molecular complexity index is 456. The van der Waals surface area contributed by atoms with Crippen molar-refractivity contribution in [2.45, 2.75) is 39.0 Å². The molecule has 2 atom stereocenters. The van der Waals surface area contributed by atoms with Gasteiger partial charge in [0.1, 0.15) is 5.78 Å². The van der Waals surface area contributed by atoms with Crippen LogP contribution in [0.1, 0.15) is 38.2 Å². The van der Waals surface area contributed by atoms with Crippen LogP contribution in [0.5, 0.6) is 5.75 Å². The predicted octanol–water partition coefficient (Wildman–Crippen LogP) is 3.77. The smallest absolute Gasteiger partial charge is 0.165 e. The van der Waals surface area contributed by atoms with E-state index in [0.717, 1.165) is 24.8 Å². The first kappa shape index (κ1) is 14.0. The fourth-order valence-electron chi connectivity index (χ4n) is 2.89. The van der Waals surface area contributed by atoms with E-state index in [0.29, 0.717) is 12.3 Å². The molecule has 0 heterocycles. The maximum atomic E-state index is 13.6. The molecule has 0 saturated heterocycles. The Hall–Kier alpha value is -1.38. The maximum absolute atomic E-state index is 13.6. The lowest BCUT2D eigenvalue weighted by molar-refractivity contribution is -0.123. The summed E-state index contributed by atoms with van der Waals surface area (Å²) in [5, 5.41) is 0. The molecule has 104 valence electrons. The molecule has 0 spiro atoms. The fraction of sp³-hybridized carbons (Fsp3) is 0.562. The second-order valence-electron chi connectivity index (χ2n) is 5.58. The van der Waals surface area contributed by atoms with Gasteiger partial charge in [-0.3, -0.25) is 4.79 Å². The maximum Gasteiger partial charge on any atom is 0.165 e. The molecule has 0 aromatic heterocycles. The molecule has 1 aromatic carbocycles. The number of hydrogen-bond donors (Lipinski definition) is 0. The topological polar surface area (TPSA) is 26.3 Å². The number of ketones is 1. The number of benzene rings is 1. The minimum absolute atomic E-state index is 0.161. The van der Waals surface area contributed by atoms with Crippen molar-refractivity contribution < 1.29 is 13.9 Å². The van der Waals surface area contributed by atoms with Gasteiger partial charge in [0, 0.05) is 12.3 Å². The summed E-state index contributed by atoms with van der Waals surface area (Å²) in [7, 11) is 1.44. The minimum atomic E-state index is -0.398. The normalized spacial score (nSPS) is 23.1. The highest BCUT2D eigenvalue weighted by Crippen LogP contribution is 2.30. The van der Waals surface area contributed by atoms with E-state index >= 15 is 0 Å². The summed E-state index contributed by atoms with van der Waals surface area (Å²) < 4.78 is 18.4. The summed E-state index contributed by atoms with van der Waals surface area (Å²) in [6, 6.07) is 4.76. The highest BCUT2D eigenvalue weighted by Gasteiger charge is 2.24. The van der Waals surface area contributed by atoms with Crippen molar-refractivity contribution in [3.63, 3.8) is 0 Å². The van der Waals surface area contributed by atoms with Gasteiger partial charge in [-0.2, -0.15) is 0 Å². The molecule has 3 heteroatoms. The van der Waals surface area contributed by atoms with Gasteiger partial charge in [-0.15, -0.1) is 0 Å². The van der Waals surface area contributed by atoms with E-state index in [2.05, 4.69) is 6.92 Å². The monoisotopic (exact) mass is 264 g/mol. The lowest BCUT2D eigenvalue weighted by Gasteiger charge is -2.25. The van der Waals surface area contributed by atoms with Gasteiger partial charge in [0.2, 0.25) is 0 Å². The van der Waals surface area contributed by atoms with Crippen molar-refractivity contribution in [1.82, 2.24) is 0 Å². The largest absolute Gasteiger partial charge is 0.494 e. The molecular formula is C16H21FO2. The van der Waals surface area contributed by atoms with Gasteiger partial charge >= 0.3 is 0 Å². The summed E-state index contributed by atoms with van der Waals surface area (Å²) in [5.41, 5.74) is 0.738. The molecule has 0 amide bonds. The van der Waals surface area contributed by atoms with Crippen LogP contribution < -0.4 is 4.74 Å². The summed E-state index contributed by atoms with van der Waals surface area (Å²) in [6.45, 7) is 2.20. The zero-order valence-electron chi connectivity index (χ0n) is 11.6. The van der Waals surface area contributed by atoms with E-state index in [1.165, 1.54) is 19.6 Å². The number of ether oxygens (including phenoxy) is 1. The number of rotatable bonds is 4. The zero-order valence-corrected chi connectivity index (χ0v) is 11.6. The highest BCUT2D eigenvalue weighted by molar-refractivity contribution is 5.83. The molecule has 1 aliphatic carbocycles. The van der Waals surface area contributed by atoms with Gasteiger partial charge in [-0.1, -0.05) is 25.8 Å². The van der Waals surface area contributed by atoms with Crippen molar-refractivity contribution in [3.05, 3.63) is 29.6 Å². The van der Waals surface area contributed by atoms with Crippen molar-refractivity contribution in [1.29, 1.82) is 0 Å². The van der Waals surface area contributed by atoms with Gasteiger partial charge in [0.25, 0.3) is 0 Å². The van der Waals surface area contributed by atoms with E-state index in [1.54, 1.807) is 12.1 Å². The third kappa shape index (κ3) is 3.55. The number of halogens is 1. The molecule has 0 bridgehead atoms. The SMILES string of the molecule is COc1ccc(CC(=O)C2CCCC(C)C2)cc1F. The molecule has 0 radical (unpaired) electrons. The van der Waals surface area contributed by atoms with Crippen LogP contribution in [0.4, 0.5) is 4.39 Å². The first-order chi connectivity index (χ1) is 9.10.